The van der Waals surface area contributed by atoms with Crippen LogP contribution >= 0.6 is 23.2 Å². The zero-order valence-corrected chi connectivity index (χ0v) is 10.7. The summed E-state index contributed by atoms with van der Waals surface area (Å²) in [5, 5.41) is 1.22. The van der Waals surface area contributed by atoms with Crippen LogP contribution in [0.25, 0.3) is 0 Å². The maximum atomic E-state index is 11.3. The van der Waals surface area contributed by atoms with E-state index in [4.69, 9.17) is 23.2 Å². The minimum atomic E-state index is 0.0609. The molecule has 86 valence electrons. The number of hydrogen-bond donors (Lipinski definition) is 0. The highest BCUT2D eigenvalue weighted by atomic mass is 35.5. The normalized spacial score (nSPS) is 25.1. The molecule has 1 aromatic carbocycles. The zero-order valence-electron chi connectivity index (χ0n) is 9.22. The molecule has 0 amide bonds. The van der Waals surface area contributed by atoms with Crippen LogP contribution < -0.4 is 0 Å². The van der Waals surface area contributed by atoms with E-state index in [-0.39, 0.29) is 5.41 Å². The van der Waals surface area contributed by atoms with Gasteiger partial charge in [-0.25, -0.2) is 0 Å². The van der Waals surface area contributed by atoms with Gasteiger partial charge in [-0.2, -0.15) is 0 Å². The Labute approximate surface area is 106 Å². The quantitative estimate of drug-likeness (QED) is 0.772. The molecular weight excluding hydrogens is 243 g/mol. The number of hydrogen-bond acceptors (Lipinski definition) is 1. The highest BCUT2D eigenvalue weighted by molar-refractivity contribution is 6.42. The van der Waals surface area contributed by atoms with Crippen molar-refractivity contribution in [1.29, 1.82) is 0 Å². The van der Waals surface area contributed by atoms with E-state index in [1.165, 1.54) is 0 Å². The number of benzene rings is 1. The van der Waals surface area contributed by atoms with Crippen molar-refractivity contribution in [3.05, 3.63) is 33.8 Å². The predicted molar refractivity (Wildman–Crippen MR) is 67.1 cm³/mol. The Morgan fingerprint density at radius 2 is 2.12 bits per heavy atom. The van der Waals surface area contributed by atoms with Crippen molar-refractivity contribution < 1.29 is 4.79 Å². The van der Waals surface area contributed by atoms with Gasteiger partial charge in [-0.05, 0) is 29.9 Å². The van der Waals surface area contributed by atoms with Gasteiger partial charge in [0.15, 0.2) is 0 Å². The van der Waals surface area contributed by atoms with Crippen LogP contribution in [0.2, 0.25) is 10.0 Å². The molecule has 1 aromatic rings. The van der Waals surface area contributed by atoms with Crippen LogP contribution in [0.4, 0.5) is 0 Å². The van der Waals surface area contributed by atoms with Crippen LogP contribution in [0, 0.1) is 5.41 Å². The van der Waals surface area contributed by atoms with Crippen LogP contribution in [0.15, 0.2) is 18.2 Å². The Kier molecular flexibility index (Phi) is 3.27. The summed E-state index contributed by atoms with van der Waals surface area (Å²) in [5.74, 6) is 0.362. The van der Waals surface area contributed by atoms with Crippen LogP contribution in [-0.4, -0.2) is 5.78 Å². The molecule has 2 rings (SSSR count). The lowest BCUT2D eigenvalue weighted by Crippen LogP contribution is -2.15. The van der Waals surface area contributed by atoms with Crippen molar-refractivity contribution in [2.24, 2.45) is 5.41 Å². The summed E-state index contributed by atoms with van der Waals surface area (Å²) in [6.45, 7) is 2.15. The monoisotopic (exact) mass is 256 g/mol. The van der Waals surface area contributed by atoms with E-state index >= 15 is 0 Å². The minimum absolute atomic E-state index is 0.0609. The van der Waals surface area contributed by atoms with Crippen LogP contribution in [0.5, 0.6) is 0 Å². The molecule has 1 nitrogen and oxygen atoms in total. The largest absolute Gasteiger partial charge is 0.300 e. The van der Waals surface area contributed by atoms with Gasteiger partial charge in [-0.15, -0.1) is 0 Å². The van der Waals surface area contributed by atoms with E-state index < -0.39 is 0 Å². The first-order chi connectivity index (χ1) is 7.50. The van der Waals surface area contributed by atoms with Gasteiger partial charge in [0.2, 0.25) is 0 Å². The molecule has 16 heavy (non-hydrogen) atoms. The average Bonchev–Trinajstić information content (AvgIpc) is 2.54. The molecule has 1 fully saturated rings. The number of carbonyl (C=O) groups is 1. The number of Topliss-reactive ketones (excluding diaryl/α,β-unsaturated/α-hetero) is 1. The van der Waals surface area contributed by atoms with Crippen molar-refractivity contribution in [3.63, 3.8) is 0 Å². The Morgan fingerprint density at radius 1 is 1.38 bits per heavy atom. The second-order valence-electron chi connectivity index (χ2n) is 4.92. The second-order valence-corrected chi connectivity index (χ2v) is 5.70. The molecule has 1 saturated carbocycles. The fourth-order valence-electron chi connectivity index (χ4n) is 2.39. The lowest BCUT2D eigenvalue weighted by atomic mass is 9.82. The van der Waals surface area contributed by atoms with Crippen LogP contribution in [0.1, 0.15) is 31.7 Å². The van der Waals surface area contributed by atoms with Gasteiger partial charge in [0.25, 0.3) is 0 Å². The molecule has 0 N–H and O–H groups in total. The molecule has 0 heterocycles. The van der Waals surface area contributed by atoms with Crippen molar-refractivity contribution >= 4 is 29.0 Å². The van der Waals surface area contributed by atoms with Crippen LogP contribution in [0.3, 0.4) is 0 Å². The summed E-state index contributed by atoms with van der Waals surface area (Å²) >= 11 is 12.1. The van der Waals surface area contributed by atoms with E-state index in [0.717, 1.165) is 18.4 Å². The summed E-state index contributed by atoms with van der Waals surface area (Å²) in [6, 6.07) is 5.68. The van der Waals surface area contributed by atoms with Gasteiger partial charge < -0.3 is 0 Å². The summed E-state index contributed by atoms with van der Waals surface area (Å²) in [7, 11) is 0. The topological polar surface area (TPSA) is 17.1 Å². The van der Waals surface area contributed by atoms with E-state index in [1.807, 2.05) is 12.1 Å². The molecule has 0 bridgehead atoms. The molecule has 0 spiro atoms. The van der Waals surface area contributed by atoms with Crippen molar-refractivity contribution in [3.8, 4) is 0 Å². The predicted octanol–water partition coefficient (Wildman–Crippen LogP) is 4.30. The fraction of sp³-hybridized carbons (Fsp3) is 0.462. The van der Waals surface area contributed by atoms with Gasteiger partial charge in [-0.3, -0.25) is 4.79 Å². The summed E-state index contributed by atoms with van der Waals surface area (Å²) in [5.41, 5.74) is 1.11. The summed E-state index contributed by atoms with van der Waals surface area (Å²) < 4.78 is 0. The van der Waals surface area contributed by atoms with E-state index in [2.05, 4.69) is 6.92 Å². The molecule has 1 aliphatic rings. The van der Waals surface area contributed by atoms with Crippen molar-refractivity contribution in [1.82, 2.24) is 0 Å². The van der Waals surface area contributed by atoms with Gasteiger partial charge in [0.05, 0.1) is 10.0 Å². The first kappa shape index (κ1) is 11.9. The Morgan fingerprint density at radius 3 is 2.75 bits per heavy atom. The second kappa shape index (κ2) is 4.38. The molecule has 1 unspecified atom stereocenters. The molecule has 0 saturated heterocycles. The highest BCUT2D eigenvalue weighted by Crippen LogP contribution is 2.40. The molecule has 0 aromatic heterocycles. The number of carbonyl (C=O) groups excluding carboxylic acids is 1. The third-order valence-corrected chi connectivity index (χ3v) is 4.14. The highest BCUT2D eigenvalue weighted by Gasteiger charge is 2.34. The van der Waals surface area contributed by atoms with Crippen molar-refractivity contribution in [2.75, 3.05) is 0 Å². The SMILES string of the molecule is CC1(Cc2cccc(Cl)c2Cl)CCC(=O)C1. The Balaban J connectivity index is 2.21. The summed E-state index contributed by atoms with van der Waals surface area (Å²) in [6.07, 6.45) is 3.15. The smallest absolute Gasteiger partial charge is 0.133 e. The maximum absolute atomic E-state index is 11.3. The van der Waals surface area contributed by atoms with E-state index in [0.29, 0.717) is 28.7 Å². The first-order valence-corrected chi connectivity index (χ1v) is 6.20. The number of rotatable bonds is 2. The maximum Gasteiger partial charge on any atom is 0.133 e. The van der Waals surface area contributed by atoms with E-state index in [9.17, 15) is 4.79 Å². The molecule has 0 aliphatic heterocycles. The van der Waals surface area contributed by atoms with Crippen molar-refractivity contribution in [2.45, 2.75) is 32.6 Å². The molecule has 3 heteroatoms. The lowest BCUT2D eigenvalue weighted by molar-refractivity contribution is -0.117. The molecule has 1 aliphatic carbocycles. The molecule has 0 radical (unpaired) electrons. The van der Waals surface area contributed by atoms with Gasteiger partial charge in [0, 0.05) is 12.8 Å². The first-order valence-electron chi connectivity index (χ1n) is 5.45. The Hall–Kier alpha value is -0.530. The third kappa shape index (κ3) is 2.41. The number of halogens is 2. The number of ketones is 1. The molecule has 1 atom stereocenters. The third-order valence-electron chi connectivity index (χ3n) is 3.28. The van der Waals surface area contributed by atoms with Crippen LogP contribution in [-0.2, 0) is 11.2 Å². The Bertz CT molecular complexity index is 428. The zero-order chi connectivity index (χ0) is 11.8. The lowest BCUT2D eigenvalue weighted by Gasteiger charge is -2.23. The standard InChI is InChI=1S/C13H14Cl2O/c1-13(6-5-10(16)8-13)7-9-3-2-4-11(14)12(9)15/h2-4H,5-8H2,1H3. The average molecular weight is 257 g/mol. The molecular formula is C13H14Cl2O. The summed E-state index contributed by atoms with van der Waals surface area (Å²) in [4.78, 5) is 11.3. The van der Waals surface area contributed by atoms with E-state index in [1.54, 1.807) is 6.07 Å². The van der Waals surface area contributed by atoms with Gasteiger partial charge in [0.1, 0.15) is 5.78 Å². The van der Waals surface area contributed by atoms with Gasteiger partial charge in [-0.1, -0.05) is 42.3 Å². The fourth-order valence-corrected chi connectivity index (χ4v) is 2.78. The van der Waals surface area contributed by atoms with Gasteiger partial charge >= 0.3 is 0 Å². The minimum Gasteiger partial charge on any atom is -0.300 e.